The predicted octanol–water partition coefficient (Wildman–Crippen LogP) is 3.37. The minimum Gasteiger partial charge on any atom is -0.444 e. The molecule has 1 N–H and O–H groups in total. The zero-order chi connectivity index (χ0) is 16.8. The van der Waals surface area contributed by atoms with Crippen LogP contribution < -0.4 is 5.32 Å². The van der Waals surface area contributed by atoms with E-state index in [0.717, 1.165) is 11.1 Å². The fourth-order valence-corrected chi connectivity index (χ4v) is 2.10. The highest BCUT2D eigenvalue weighted by molar-refractivity contribution is 5.91. The van der Waals surface area contributed by atoms with Gasteiger partial charge >= 0.3 is 0 Å². The molecule has 120 valence electrons. The number of benzene rings is 1. The molecule has 0 radical (unpaired) electrons. The molecule has 0 atom stereocenters. The summed E-state index contributed by atoms with van der Waals surface area (Å²) in [5, 5.41) is 2.77. The van der Waals surface area contributed by atoms with Gasteiger partial charge in [-0.05, 0) is 36.8 Å². The van der Waals surface area contributed by atoms with E-state index in [4.69, 9.17) is 4.42 Å². The molecule has 3 aromatic rings. The predicted molar refractivity (Wildman–Crippen MR) is 91.8 cm³/mol. The number of nitrogens with zero attached hydrogens (tertiary/aromatic N) is 2. The van der Waals surface area contributed by atoms with Crippen LogP contribution in [0.1, 0.15) is 16.8 Å². The van der Waals surface area contributed by atoms with Crippen molar-refractivity contribution < 1.29 is 9.21 Å². The van der Waals surface area contributed by atoms with Crippen LogP contribution in [0, 0.1) is 6.92 Å². The van der Waals surface area contributed by atoms with Gasteiger partial charge < -0.3 is 9.73 Å². The zero-order valence-corrected chi connectivity index (χ0v) is 13.3. The van der Waals surface area contributed by atoms with E-state index >= 15 is 0 Å². The Kier molecular flexibility index (Phi) is 4.81. The molecule has 1 amide bonds. The average molecular weight is 319 g/mol. The van der Waals surface area contributed by atoms with E-state index in [2.05, 4.69) is 15.3 Å². The molecule has 0 unspecified atom stereocenters. The van der Waals surface area contributed by atoms with E-state index in [1.807, 2.05) is 43.3 Å². The van der Waals surface area contributed by atoms with Gasteiger partial charge in [-0.1, -0.05) is 23.8 Å². The smallest absolute Gasteiger partial charge is 0.244 e. The Bertz CT molecular complexity index is 837. The Balaban J connectivity index is 1.56. The summed E-state index contributed by atoms with van der Waals surface area (Å²) in [4.78, 5) is 20.2. The lowest BCUT2D eigenvalue weighted by Gasteiger charge is -1.98. The molecular weight excluding hydrogens is 302 g/mol. The minimum atomic E-state index is -0.196. The average Bonchev–Trinajstić information content (AvgIpc) is 3.09. The van der Waals surface area contributed by atoms with Crippen LogP contribution in [-0.4, -0.2) is 15.9 Å². The number of amides is 1. The van der Waals surface area contributed by atoms with Crippen molar-refractivity contribution in [1.29, 1.82) is 0 Å². The molecule has 2 heterocycles. The fourth-order valence-electron chi connectivity index (χ4n) is 2.10. The Labute approximate surface area is 140 Å². The summed E-state index contributed by atoms with van der Waals surface area (Å²) in [6.07, 6.45) is 8.12. The largest absolute Gasteiger partial charge is 0.444 e. The molecule has 0 spiro atoms. The number of aryl methyl sites for hydroxylation is 1. The van der Waals surface area contributed by atoms with Gasteiger partial charge in [0.15, 0.2) is 0 Å². The molecule has 5 nitrogen and oxygen atoms in total. The molecule has 0 fully saturated rings. The molecule has 0 aliphatic carbocycles. The van der Waals surface area contributed by atoms with Gasteiger partial charge in [0.25, 0.3) is 0 Å². The van der Waals surface area contributed by atoms with Crippen molar-refractivity contribution in [2.24, 2.45) is 0 Å². The van der Waals surface area contributed by atoms with Gasteiger partial charge in [-0.15, -0.1) is 0 Å². The summed E-state index contributed by atoms with van der Waals surface area (Å²) in [6, 6.07) is 11.6. The molecular formula is C19H17N3O2. The van der Waals surface area contributed by atoms with Crippen molar-refractivity contribution in [3.8, 4) is 11.5 Å². The highest BCUT2D eigenvalue weighted by Gasteiger charge is 2.07. The van der Waals surface area contributed by atoms with Crippen molar-refractivity contribution in [2.75, 3.05) is 0 Å². The second-order valence-electron chi connectivity index (χ2n) is 5.35. The lowest BCUT2D eigenvalue weighted by molar-refractivity contribution is -0.116. The van der Waals surface area contributed by atoms with Gasteiger partial charge in [0.1, 0.15) is 6.26 Å². The lowest BCUT2D eigenvalue weighted by atomic mass is 10.1. The number of oxazole rings is 1. The normalized spacial score (nSPS) is 10.9. The third-order valence-electron chi connectivity index (χ3n) is 3.41. The number of nitrogens with one attached hydrogen (secondary N) is 1. The number of hydrogen-bond donors (Lipinski definition) is 1. The number of pyridine rings is 1. The standard InChI is InChI=1S/C19H17N3O2/c1-14-4-7-16(8-5-14)19-22-17(13-24-19)12-21-18(23)9-6-15-3-2-10-20-11-15/h2-11,13H,12H2,1H3,(H,21,23). The summed E-state index contributed by atoms with van der Waals surface area (Å²) in [6.45, 7) is 2.34. The van der Waals surface area contributed by atoms with E-state index in [1.165, 1.54) is 11.6 Å². The molecule has 0 aliphatic rings. The Morgan fingerprint density at radius 3 is 2.83 bits per heavy atom. The monoisotopic (exact) mass is 319 g/mol. The van der Waals surface area contributed by atoms with Gasteiger partial charge in [-0.25, -0.2) is 4.98 Å². The first-order chi connectivity index (χ1) is 11.7. The second kappa shape index (κ2) is 7.37. The number of aromatic nitrogens is 2. The molecule has 24 heavy (non-hydrogen) atoms. The maximum Gasteiger partial charge on any atom is 0.244 e. The van der Waals surface area contributed by atoms with Crippen LogP contribution in [0.4, 0.5) is 0 Å². The topological polar surface area (TPSA) is 68.0 Å². The third-order valence-corrected chi connectivity index (χ3v) is 3.41. The van der Waals surface area contributed by atoms with Crippen LogP contribution in [0.15, 0.2) is 65.5 Å². The Morgan fingerprint density at radius 1 is 1.25 bits per heavy atom. The number of carbonyl (C=O) groups is 1. The molecule has 5 heteroatoms. The number of hydrogen-bond acceptors (Lipinski definition) is 4. The molecule has 0 aliphatic heterocycles. The van der Waals surface area contributed by atoms with Crippen LogP contribution in [-0.2, 0) is 11.3 Å². The van der Waals surface area contributed by atoms with Crippen molar-refractivity contribution in [3.63, 3.8) is 0 Å². The molecule has 3 rings (SSSR count). The molecule has 1 aromatic carbocycles. The van der Waals surface area contributed by atoms with Gasteiger partial charge in [0.05, 0.1) is 12.2 Å². The van der Waals surface area contributed by atoms with Crippen molar-refractivity contribution in [3.05, 3.63) is 78.0 Å². The summed E-state index contributed by atoms with van der Waals surface area (Å²) in [5.74, 6) is 0.351. The van der Waals surface area contributed by atoms with Crippen LogP contribution in [0.2, 0.25) is 0 Å². The highest BCUT2D eigenvalue weighted by Crippen LogP contribution is 2.18. The molecule has 2 aromatic heterocycles. The Morgan fingerprint density at radius 2 is 2.08 bits per heavy atom. The molecule has 0 saturated heterocycles. The first-order valence-corrected chi connectivity index (χ1v) is 7.58. The summed E-state index contributed by atoms with van der Waals surface area (Å²) >= 11 is 0. The second-order valence-corrected chi connectivity index (χ2v) is 5.35. The SMILES string of the molecule is Cc1ccc(-c2nc(CNC(=O)C=Cc3cccnc3)co2)cc1. The van der Waals surface area contributed by atoms with Gasteiger partial charge in [-0.2, -0.15) is 0 Å². The van der Waals surface area contributed by atoms with Gasteiger partial charge in [-0.3, -0.25) is 9.78 Å². The quantitative estimate of drug-likeness (QED) is 0.732. The fraction of sp³-hybridized carbons (Fsp3) is 0.105. The van der Waals surface area contributed by atoms with Crippen LogP contribution >= 0.6 is 0 Å². The van der Waals surface area contributed by atoms with E-state index in [0.29, 0.717) is 18.1 Å². The van der Waals surface area contributed by atoms with Gasteiger partial charge in [0.2, 0.25) is 11.8 Å². The van der Waals surface area contributed by atoms with E-state index in [9.17, 15) is 4.79 Å². The summed E-state index contributed by atoms with van der Waals surface area (Å²) in [5.41, 5.74) is 3.64. The van der Waals surface area contributed by atoms with Gasteiger partial charge in [0, 0.05) is 24.0 Å². The molecule has 0 saturated carbocycles. The van der Waals surface area contributed by atoms with Crippen molar-refractivity contribution in [1.82, 2.24) is 15.3 Å². The maximum absolute atomic E-state index is 11.8. The molecule has 0 bridgehead atoms. The van der Waals surface area contributed by atoms with Crippen molar-refractivity contribution in [2.45, 2.75) is 13.5 Å². The zero-order valence-electron chi connectivity index (χ0n) is 13.3. The van der Waals surface area contributed by atoms with Crippen LogP contribution in [0.3, 0.4) is 0 Å². The first kappa shape index (κ1) is 15.7. The maximum atomic E-state index is 11.8. The van der Waals surface area contributed by atoms with Crippen LogP contribution in [0.25, 0.3) is 17.5 Å². The number of carbonyl (C=O) groups excluding carboxylic acids is 1. The van der Waals surface area contributed by atoms with E-state index in [1.54, 1.807) is 24.7 Å². The van der Waals surface area contributed by atoms with E-state index in [-0.39, 0.29) is 5.91 Å². The van der Waals surface area contributed by atoms with E-state index < -0.39 is 0 Å². The first-order valence-electron chi connectivity index (χ1n) is 7.58. The minimum absolute atomic E-state index is 0.196. The Hall–Kier alpha value is -3.21. The van der Waals surface area contributed by atoms with Crippen LogP contribution in [0.5, 0.6) is 0 Å². The summed E-state index contributed by atoms with van der Waals surface area (Å²) in [7, 11) is 0. The lowest BCUT2D eigenvalue weighted by Crippen LogP contribution is -2.20. The third kappa shape index (κ3) is 4.16. The highest BCUT2D eigenvalue weighted by atomic mass is 16.3. The summed E-state index contributed by atoms with van der Waals surface area (Å²) < 4.78 is 5.46. The number of rotatable bonds is 5. The van der Waals surface area contributed by atoms with Crippen molar-refractivity contribution >= 4 is 12.0 Å².